The van der Waals surface area contributed by atoms with Crippen molar-refractivity contribution in [2.45, 2.75) is 26.7 Å². The Kier molecular flexibility index (Phi) is 11.8. The summed E-state index contributed by atoms with van der Waals surface area (Å²) in [5.74, 6) is 1.69. The smallest absolute Gasteiger partial charge is 0.356 e. The fourth-order valence-electron chi connectivity index (χ4n) is 3.27. The van der Waals surface area contributed by atoms with Crippen LogP contribution >= 0.6 is 0 Å². The lowest BCUT2D eigenvalue weighted by Gasteiger charge is -2.14. The molecule has 0 radical (unpaired) electrons. The molecule has 1 aromatic carbocycles. The van der Waals surface area contributed by atoms with Crippen LogP contribution in [0.1, 0.15) is 47.1 Å². The van der Waals surface area contributed by atoms with Gasteiger partial charge in [0, 0.05) is 12.1 Å². The SMILES string of the molecule is C#CCOOOO.CCOC(=O)c1cccc(/C(=C/CN2CCCC2)c2ccc(C)cc2)n1. The Hall–Kier alpha value is -3.06. The number of esters is 1. The van der Waals surface area contributed by atoms with Crippen LogP contribution in [0.15, 0.2) is 48.5 Å². The average Bonchev–Trinajstić information content (AvgIpc) is 3.35. The van der Waals surface area contributed by atoms with Crippen LogP contribution < -0.4 is 0 Å². The predicted octanol–water partition coefficient (Wildman–Crippen LogP) is 4.07. The summed E-state index contributed by atoms with van der Waals surface area (Å²) in [5, 5.41) is 13.9. The van der Waals surface area contributed by atoms with Crippen LogP contribution in [-0.4, -0.2) is 54.0 Å². The first-order valence-electron chi connectivity index (χ1n) is 10.8. The van der Waals surface area contributed by atoms with Crippen molar-refractivity contribution in [2.75, 3.05) is 32.8 Å². The Morgan fingerprint density at radius 3 is 2.52 bits per heavy atom. The molecule has 0 aliphatic carbocycles. The quantitative estimate of drug-likeness (QED) is 0.199. The lowest BCUT2D eigenvalue weighted by molar-refractivity contribution is -0.620. The van der Waals surface area contributed by atoms with E-state index in [9.17, 15) is 4.79 Å². The average molecular weight is 455 g/mol. The first kappa shape index (κ1) is 26.2. The molecule has 0 spiro atoms. The fourth-order valence-corrected chi connectivity index (χ4v) is 3.27. The van der Waals surface area contributed by atoms with Crippen molar-refractivity contribution < 1.29 is 29.8 Å². The van der Waals surface area contributed by atoms with Crippen LogP contribution in [0.25, 0.3) is 5.57 Å². The molecule has 33 heavy (non-hydrogen) atoms. The van der Waals surface area contributed by atoms with Gasteiger partial charge in [-0.2, -0.15) is 4.89 Å². The Bertz CT molecular complexity index is 931. The molecule has 2 heterocycles. The summed E-state index contributed by atoms with van der Waals surface area (Å²) in [7, 11) is 0. The van der Waals surface area contributed by atoms with E-state index >= 15 is 0 Å². The van der Waals surface area contributed by atoms with Crippen LogP contribution in [-0.2, 0) is 19.7 Å². The molecule has 1 fully saturated rings. The molecule has 176 valence electrons. The van der Waals surface area contributed by atoms with Gasteiger partial charge in [-0.3, -0.25) is 4.90 Å². The first-order chi connectivity index (χ1) is 16.1. The zero-order valence-electron chi connectivity index (χ0n) is 19.0. The highest BCUT2D eigenvalue weighted by molar-refractivity contribution is 5.88. The maximum atomic E-state index is 12.1. The molecule has 1 aliphatic rings. The van der Waals surface area contributed by atoms with E-state index in [1.807, 2.05) is 12.1 Å². The number of pyridine rings is 1. The number of benzene rings is 1. The van der Waals surface area contributed by atoms with Gasteiger partial charge in [0.25, 0.3) is 0 Å². The molecule has 0 amide bonds. The van der Waals surface area contributed by atoms with Gasteiger partial charge in [-0.1, -0.05) is 47.9 Å². The number of likely N-dealkylation sites (tertiary alicyclic amines) is 1. The van der Waals surface area contributed by atoms with Crippen LogP contribution in [0.3, 0.4) is 0 Å². The summed E-state index contributed by atoms with van der Waals surface area (Å²) in [6.07, 6.45) is 9.44. The molecule has 8 heteroatoms. The topological polar surface area (TPSA) is 90.3 Å². The Morgan fingerprint density at radius 1 is 1.18 bits per heavy atom. The molecule has 0 unspecified atom stereocenters. The largest absolute Gasteiger partial charge is 0.461 e. The van der Waals surface area contributed by atoms with E-state index < -0.39 is 0 Å². The van der Waals surface area contributed by atoms with E-state index in [1.165, 1.54) is 18.4 Å². The molecule has 2 aromatic rings. The standard InChI is InChI=1S/C22H26N2O2.C3H4O4/c1-3-26-22(25)21-8-6-7-20(23-21)19(13-16-24-14-4-5-15-24)18-11-9-17(2)10-12-18;1-2-3-5-7-6-4/h6-13H,3-5,14-16H2,1-2H3;1,4H,3H2/b19-13+;. The summed E-state index contributed by atoms with van der Waals surface area (Å²) >= 11 is 0. The van der Waals surface area contributed by atoms with Gasteiger partial charge in [0.05, 0.1) is 12.3 Å². The third-order valence-corrected chi connectivity index (χ3v) is 4.85. The number of hydrogen-bond acceptors (Lipinski definition) is 8. The van der Waals surface area contributed by atoms with Gasteiger partial charge >= 0.3 is 5.97 Å². The van der Waals surface area contributed by atoms with Crippen molar-refractivity contribution in [3.63, 3.8) is 0 Å². The van der Waals surface area contributed by atoms with Crippen molar-refractivity contribution in [1.29, 1.82) is 0 Å². The summed E-state index contributed by atoms with van der Waals surface area (Å²) in [5.41, 5.74) is 4.55. The lowest BCUT2D eigenvalue weighted by Crippen LogP contribution is -2.19. The lowest BCUT2D eigenvalue weighted by atomic mass is 10.00. The molecule has 0 atom stereocenters. The van der Waals surface area contributed by atoms with Crippen LogP contribution in [0, 0.1) is 19.3 Å². The first-order valence-corrected chi connectivity index (χ1v) is 10.8. The van der Waals surface area contributed by atoms with Gasteiger partial charge in [0.15, 0.2) is 0 Å². The normalized spacial score (nSPS) is 13.7. The number of ether oxygens (including phenoxy) is 1. The van der Waals surface area contributed by atoms with Crippen LogP contribution in [0.2, 0.25) is 0 Å². The van der Waals surface area contributed by atoms with E-state index in [4.69, 9.17) is 9.99 Å². The molecule has 8 nitrogen and oxygen atoms in total. The minimum atomic E-state index is -0.378. The number of carbonyl (C=O) groups excluding carboxylic acids is 1. The highest BCUT2D eigenvalue weighted by atomic mass is 17.6. The van der Waals surface area contributed by atoms with Crippen LogP contribution in [0.4, 0.5) is 0 Å². The summed E-state index contributed by atoms with van der Waals surface area (Å²) < 4.78 is 5.10. The van der Waals surface area contributed by atoms with Crippen molar-refractivity contribution in [3.8, 4) is 12.3 Å². The minimum Gasteiger partial charge on any atom is -0.461 e. The van der Waals surface area contributed by atoms with Crippen molar-refractivity contribution >= 4 is 11.5 Å². The molecular weight excluding hydrogens is 424 g/mol. The summed E-state index contributed by atoms with van der Waals surface area (Å²) in [4.78, 5) is 23.0. The minimum absolute atomic E-state index is 0.0550. The Morgan fingerprint density at radius 2 is 1.88 bits per heavy atom. The molecule has 1 aromatic heterocycles. The molecule has 1 saturated heterocycles. The number of hydrogen-bond donors (Lipinski definition) is 1. The van der Waals surface area contributed by atoms with E-state index in [-0.39, 0.29) is 12.6 Å². The molecule has 1 N–H and O–H groups in total. The molecule has 0 saturated carbocycles. The van der Waals surface area contributed by atoms with Crippen LogP contribution in [0.5, 0.6) is 0 Å². The zero-order chi connectivity index (χ0) is 23.9. The number of rotatable bonds is 9. The number of terminal acetylenes is 1. The van der Waals surface area contributed by atoms with Gasteiger partial charge in [-0.25, -0.2) is 15.0 Å². The Labute approximate surface area is 194 Å². The van der Waals surface area contributed by atoms with Gasteiger partial charge in [0.2, 0.25) is 0 Å². The summed E-state index contributed by atoms with van der Waals surface area (Å²) in [6, 6.07) is 14.0. The van der Waals surface area contributed by atoms with E-state index in [0.717, 1.165) is 36.5 Å². The van der Waals surface area contributed by atoms with Gasteiger partial charge in [0.1, 0.15) is 12.3 Å². The fraction of sp³-hybridized carbons (Fsp3) is 0.360. The second kappa shape index (κ2) is 14.9. The van der Waals surface area contributed by atoms with Crippen molar-refractivity contribution in [2.24, 2.45) is 0 Å². The monoisotopic (exact) mass is 454 g/mol. The maximum Gasteiger partial charge on any atom is 0.356 e. The Balaban J connectivity index is 0.000000479. The number of carbonyl (C=O) groups is 1. The zero-order valence-corrected chi connectivity index (χ0v) is 19.0. The molecule has 1 aliphatic heterocycles. The number of nitrogens with zero attached hydrogens (tertiary/aromatic N) is 2. The third kappa shape index (κ3) is 9.14. The van der Waals surface area contributed by atoms with E-state index in [0.29, 0.717) is 12.3 Å². The molecular formula is C25H30N2O6. The second-order valence-corrected chi connectivity index (χ2v) is 7.23. The number of aryl methyl sites for hydroxylation is 1. The maximum absolute atomic E-state index is 12.1. The number of aromatic nitrogens is 1. The second-order valence-electron chi connectivity index (χ2n) is 7.23. The van der Waals surface area contributed by atoms with Gasteiger partial charge in [-0.15, -0.1) is 6.42 Å². The van der Waals surface area contributed by atoms with E-state index in [2.05, 4.69) is 74.5 Å². The highest BCUT2D eigenvalue weighted by Crippen LogP contribution is 2.23. The van der Waals surface area contributed by atoms with Crippen molar-refractivity contribution in [3.05, 3.63) is 71.1 Å². The van der Waals surface area contributed by atoms with Crippen molar-refractivity contribution in [1.82, 2.24) is 9.88 Å². The highest BCUT2D eigenvalue weighted by Gasteiger charge is 2.14. The summed E-state index contributed by atoms with van der Waals surface area (Å²) in [6.45, 7) is 7.36. The third-order valence-electron chi connectivity index (χ3n) is 4.85. The van der Waals surface area contributed by atoms with Gasteiger partial charge in [-0.05, 0) is 67.6 Å². The van der Waals surface area contributed by atoms with E-state index in [1.54, 1.807) is 13.0 Å². The van der Waals surface area contributed by atoms with Gasteiger partial charge < -0.3 is 4.74 Å². The molecule has 0 bridgehead atoms. The molecule has 3 rings (SSSR count). The predicted molar refractivity (Wildman–Crippen MR) is 124 cm³/mol.